The molecule has 0 heterocycles. The topological polar surface area (TPSA) is 83.8 Å². The Labute approximate surface area is 187 Å². The van der Waals surface area contributed by atoms with Gasteiger partial charge in [-0.2, -0.15) is 0 Å². The number of rotatable bonds is 5. The van der Waals surface area contributed by atoms with Crippen molar-refractivity contribution in [3.05, 3.63) is 0 Å². The Morgan fingerprint density at radius 1 is 1.16 bits per heavy atom. The van der Waals surface area contributed by atoms with Gasteiger partial charge in [-0.15, -0.1) is 0 Å². The normalized spacial score (nSPS) is 47.8. The summed E-state index contributed by atoms with van der Waals surface area (Å²) in [5, 5.41) is 21.8. The van der Waals surface area contributed by atoms with E-state index in [9.17, 15) is 19.8 Å². The first-order valence-electron chi connectivity index (χ1n) is 12.7. The number of fused-ring (bicyclic) bond motifs is 5. The van der Waals surface area contributed by atoms with Crippen LogP contribution in [0.4, 0.5) is 0 Å². The van der Waals surface area contributed by atoms with E-state index >= 15 is 0 Å². The fourth-order valence-electron chi connectivity index (χ4n) is 8.62. The molecule has 176 valence electrons. The smallest absolute Gasteiger partial charge is 0.305 e. The molecule has 0 aromatic rings. The lowest BCUT2D eigenvalue weighted by molar-refractivity contribution is -0.182. The van der Waals surface area contributed by atoms with Gasteiger partial charge in [0.25, 0.3) is 0 Å². The molecular weight excluding hydrogens is 392 g/mol. The third kappa shape index (κ3) is 3.68. The Hall–Kier alpha value is -0.940. The number of aliphatic hydroxyl groups is 2. The molecule has 4 saturated carbocycles. The zero-order chi connectivity index (χ0) is 22.6. The van der Waals surface area contributed by atoms with Gasteiger partial charge in [0.15, 0.2) is 0 Å². The summed E-state index contributed by atoms with van der Waals surface area (Å²) in [5.41, 5.74) is -0.212. The maximum absolute atomic E-state index is 13.5. The zero-order valence-corrected chi connectivity index (χ0v) is 19.8. The van der Waals surface area contributed by atoms with Gasteiger partial charge in [-0.05, 0) is 86.9 Å². The number of ketones is 1. The van der Waals surface area contributed by atoms with E-state index in [0.29, 0.717) is 43.5 Å². The Kier molecular flexibility index (Phi) is 6.33. The Morgan fingerprint density at radius 2 is 1.90 bits per heavy atom. The van der Waals surface area contributed by atoms with E-state index in [0.717, 1.165) is 38.5 Å². The fourth-order valence-corrected chi connectivity index (χ4v) is 8.62. The Morgan fingerprint density at radius 3 is 2.61 bits per heavy atom. The van der Waals surface area contributed by atoms with Crippen LogP contribution in [0.15, 0.2) is 0 Å². The molecule has 0 aromatic heterocycles. The molecule has 10 atom stereocenters. The minimum absolute atomic E-state index is 0.0483. The van der Waals surface area contributed by atoms with E-state index < -0.39 is 6.10 Å². The minimum Gasteiger partial charge on any atom is -0.466 e. The molecule has 0 saturated heterocycles. The number of esters is 1. The summed E-state index contributed by atoms with van der Waals surface area (Å²) in [4.78, 5) is 25.3. The van der Waals surface area contributed by atoms with Gasteiger partial charge in [-0.3, -0.25) is 9.59 Å². The molecule has 4 aliphatic rings. The van der Waals surface area contributed by atoms with Crippen molar-refractivity contribution in [1.29, 1.82) is 0 Å². The number of hydrogen-bond acceptors (Lipinski definition) is 5. The second-order valence-corrected chi connectivity index (χ2v) is 11.7. The fraction of sp³-hybridized carbons (Fsp3) is 0.923. The highest BCUT2D eigenvalue weighted by atomic mass is 16.5. The van der Waals surface area contributed by atoms with Crippen LogP contribution in [-0.2, 0) is 14.3 Å². The second kappa shape index (κ2) is 8.44. The van der Waals surface area contributed by atoms with E-state index in [1.54, 1.807) is 0 Å². The summed E-state index contributed by atoms with van der Waals surface area (Å²) in [5.74, 6) is 1.64. The van der Waals surface area contributed by atoms with Gasteiger partial charge < -0.3 is 14.9 Å². The SMILES string of the molecule is CCOC(=O)CC[C@@H](C)[C@H]1CC[C@H]2[C@@H]3C(=O)C[C@H]4C[C@@H](O)CC[C@]4(C)[C@H]3C[C@H](O)[C@]12C. The summed E-state index contributed by atoms with van der Waals surface area (Å²) in [6.07, 6.45) is 6.34. The molecule has 31 heavy (non-hydrogen) atoms. The predicted molar refractivity (Wildman–Crippen MR) is 118 cm³/mol. The monoisotopic (exact) mass is 434 g/mol. The van der Waals surface area contributed by atoms with Crippen LogP contribution < -0.4 is 0 Å². The van der Waals surface area contributed by atoms with Crippen molar-refractivity contribution in [2.24, 2.45) is 46.3 Å². The largest absolute Gasteiger partial charge is 0.466 e. The van der Waals surface area contributed by atoms with Crippen LogP contribution >= 0.6 is 0 Å². The van der Waals surface area contributed by atoms with E-state index in [2.05, 4.69) is 20.8 Å². The number of ether oxygens (including phenoxy) is 1. The van der Waals surface area contributed by atoms with Crippen LogP contribution in [0.5, 0.6) is 0 Å². The summed E-state index contributed by atoms with van der Waals surface area (Å²) in [7, 11) is 0. The molecule has 0 unspecified atom stereocenters. The van der Waals surface area contributed by atoms with E-state index in [-0.39, 0.29) is 46.6 Å². The van der Waals surface area contributed by atoms with Gasteiger partial charge in [0.05, 0.1) is 18.8 Å². The number of hydrogen-bond donors (Lipinski definition) is 2. The summed E-state index contributed by atoms with van der Waals surface area (Å²) in [6, 6.07) is 0. The first-order valence-corrected chi connectivity index (χ1v) is 12.7. The van der Waals surface area contributed by atoms with Gasteiger partial charge in [-0.25, -0.2) is 0 Å². The van der Waals surface area contributed by atoms with Crippen molar-refractivity contribution in [3.63, 3.8) is 0 Å². The molecule has 0 aromatic carbocycles. The minimum atomic E-state index is -0.411. The van der Waals surface area contributed by atoms with Crippen molar-refractivity contribution in [3.8, 4) is 0 Å². The molecule has 0 spiro atoms. The van der Waals surface area contributed by atoms with Gasteiger partial charge in [-0.1, -0.05) is 20.8 Å². The molecule has 5 nitrogen and oxygen atoms in total. The third-order valence-corrected chi connectivity index (χ3v) is 10.4. The van der Waals surface area contributed by atoms with Crippen molar-refractivity contribution in [2.75, 3.05) is 6.61 Å². The maximum Gasteiger partial charge on any atom is 0.305 e. The molecule has 4 fully saturated rings. The highest BCUT2D eigenvalue weighted by molar-refractivity contribution is 5.83. The van der Waals surface area contributed by atoms with Gasteiger partial charge >= 0.3 is 5.97 Å². The maximum atomic E-state index is 13.5. The number of Topliss-reactive ketones (excluding diaryl/α,β-unsaturated/α-hetero) is 1. The van der Waals surface area contributed by atoms with Crippen LogP contribution in [0.1, 0.15) is 85.5 Å². The molecule has 0 bridgehead atoms. The lowest BCUT2D eigenvalue weighted by atomic mass is 9.43. The van der Waals surface area contributed by atoms with E-state index in [4.69, 9.17) is 4.74 Å². The molecule has 0 aliphatic heterocycles. The summed E-state index contributed by atoms with van der Waals surface area (Å²) in [6.45, 7) is 9.01. The molecule has 2 N–H and O–H groups in total. The molecule has 0 amide bonds. The lowest BCUT2D eigenvalue weighted by Gasteiger charge is -2.61. The average Bonchev–Trinajstić information content (AvgIpc) is 3.07. The van der Waals surface area contributed by atoms with Crippen LogP contribution in [-0.4, -0.2) is 40.8 Å². The second-order valence-electron chi connectivity index (χ2n) is 11.7. The van der Waals surface area contributed by atoms with Crippen LogP contribution in [0.25, 0.3) is 0 Å². The number of carbonyl (C=O) groups excluding carboxylic acids is 2. The lowest BCUT2D eigenvalue weighted by Crippen LogP contribution is -2.61. The third-order valence-electron chi connectivity index (χ3n) is 10.4. The van der Waals surface area contributed by atoms with Gasteiger partial charge in [0.2, 0.25) is 0 Å². The van der Waals surface area contributed by atoms with Gasteiger partial charge in [0.1, 0.15) is 5.78 Å². The predicted octanol–water partition coefficient (Wildman–Crippen LogP) is 4.14. The first kappa shape index (κ1) is 23.2. The zero-order valence-electron chi connectivity index (χ0n) is 19.8. The van der Waals surface area contributed by atoms with Crippen molar-refractivity contribution in [2.45, 2.75) is 97.7 Å². The average molecular weight is 435 g/mol. The highest BCUT2D eigenvalue weighted by Gasteiger charge is 2.65. The Balaban J connectivity index is 1.55. The number of aliphatic hydroxyl groups excluding tert-OH is 2. The van der Waals surface area contributed by atoms with E-state index in [1.165, 1.54) is 0 Å². The van der Waals surface area contributed by atoms with Crippen LogP contribution in [0.3, 0.4) is 0 Å². The molecular formula is C26H42O5. The Bertz CT molecular complexity index is 706. The molecule has 0 radical (unpaired) electrons. The summed E-state index contributed by atoms with van der Waals surface area (Å²) >= 11 is 0. The van der Waals surface area contributed by atoms with Crippen molar-refractivity contribution >= 4 is 11.8 Å². The van der Waals surface area contributed by atoms with Crippen molar-refractivity contribution < 1.29 is 24.5 Å². The summed E-state index contributed by atoms with van der Waals surface area (Å²) < 4.78 is 5.11. The van der Waals surface area contributed by atoms with E-state index in [1.807, 2.05) is 6.92 Å². The molecule has 5 heteroatoms. The van der Waals surface area contributed by atoms with Crippen LogP contribution in [0.2, 0.25) is 0 Å². The molecule has 4 aliphatic carbocycles. The van der Waals surface area contributed by atoms with Crippen LogP contribution in [0, 0.1) is 46.3 Å². The quantitative estimate of drug-likeness (QED) is 0.636. The number of carbonyl (C=O) groups is 2. The molecule has 4 rings (SSSR count). The first-order chi connectivity index (χ1) is 14.6. The van der Waals surface area contributed by atoms with Gasteiger partial charge in [0, 0.05) is 24.2 Å². The highest BCUT2D eigenvalue weighted by Crippen LogP contribution is 2.67. The standard InChI is InChI=1S/C26H42O5/c1-5-31-23(30)9-6-15(2)18-7-8-19-24-20(14-22(29)26(18,19)4)25(3)11-10-17(27)12-16(25)13-21(24)28/h15-20,22,24,27,29H,5-14H2,1-4H3/t15-,16-,17+,18-,19+,20+,22+,24+,25+,26-/m1/s1. The van der Waals surface area contributed by atoms with Crippen molar-refractivity contribution in [1.82, 2.24) is 0 Å².